The molecular weight excluding hydrogens is 346 g/mol. The minimum absolute atomic E-state index is 0.106. The molecule has 0 aliphatic rings. The summed E-state index contributed by atoms with van der Waals surface area (Å²) in [5.41, 5.74) is 2.38. The lowest BCUT2D eigenvalue weighted by atomic mass is 10.1. The first-order valence-corrected chi connectivity index (χ1v) is 8.61. The van der Waals surface area contributed by atoms with Gasteiger partial charge in [0.05, 0.1) is 40.1 Å². The van der Waals surface area contributed by atoms with Gasteiger partial charge in [0.25, 0.3) is 0 Å². The van der Waals surface area contributed by atoms with E-state index >= 15 is 0 Å². The zero-order valence-corrected chi connectivity index (χ0v) is 15.9. The minimum Gasteiger partial charge on any atom is -0.497 e. The summed E-state index contributed by atoms with van der Waals surface area (Å²) in [6, 6.07) is 10.8. The molecule has 0 saturated heterocycles. The van der Waals surface area contributed by atoms with Gasteiger partial charge in [0.2, 0.25) is 5.91 Å². The number of carbonyl (C=O) groups is 1. The van der Waals surface area contributed by atoms with Crippen LogP contribution >= 0.6 is 0 Å². The van der Waals surface area contributed by atoms with Crippen LogP contribution in [0.4, 0.5) is 0 Å². The Morgan fingerprint density at radius 2 is 1.74 bits per heavy atom. The third-order valence-electron chi connectivity index (χ3n) is 4.49. The molecule has 0 bridgehead atoms. The number of carbonyl (C=O) groups excluding carboxylic acids is 1. The van der Waals surface area contributed by atoms with Crippen molar-refractivity contribution in [3.63, 3.8) is 0 Å². The van der Waals surface area contributed by atoms with Crippen molar-refractivity contribution in [1.82, 2.24) is 5.32 Å². The molecule has 142 valence electrons. The van der Waals surface area contributed by atoms with Crippen LogP contribution in [0, 0.1) is 0 Å². The van der Waals surface area contributed by atoms with Crippen LogP contribution in [0.1, 0.15) is 24.1 Å². The highest BCUT2D eigenvalue weighted by atomic mass is 16.5. The van der Waals surface area contributed by atoms with Gasteiger partial charge >= 0.3 is 0 Å². The standard InChI is InChI=1S/C21H23NO5/c1-13(18-10-15(24-2)6-8-19(18)26-4)22-21(23)9-14-12-27-20-11-16(25-3)5-7-17(14)20/h5-8,10-13H,9H2,1-4H3,(H,22,23). The number of methoxy groups -OCH3 is 3. The fourth-order valence-corrected chi connectivity index (χ4v) is 3.05. The van der Waals surface area contributed by atoms with Crippen LogP contribution in [-0.4, -0.2) is 27.2 Å². The summed E-state index contributed by atoms with van der Waals surface area (Å²) in [7, 11) is 4.81. The van der Waals surface area contributed by atoms with Crippen molar-refractivity contribution >= 4 is 16.9 Å². The topological polar surface area (TPSA) is 69.9 Å². The van der Waals surface area contributed by atoms with Crippen LogP contribution in [0.25, 0.3) is 11.0 Å². The number of furan rings is 1. The maximum Gasteiger partial charge on any atom is 0.225 e. The summed E-state index contributed by atoms with van der Waals surface area (Å²) in [5, 5.41) is 3.91. The third kappa shape index (κ3) is 4.00. The smallest absolute Gasteiger partial charge is 0.225 e. The van der Waals surface area contributed by atoms with E-state index in [1.165, 1.54) is 0 Å². The first-order valence-electron chi connectivity index (χ1n) is 8.61. The van der Waals surface area contributed by atoms with Crippen LogP contribution in [0.3, 0.4) is 0 Å². The average molecular weight is 369 g/mol. The molecule has 1 unspecified atom stereocenters. The lowest BCUT2D eigenvalue weighted by Crippen LogP contribution is -2.28. The van der Waals surface area contributed by atoms with E-state index in [0.717, 1.165) is 16.5 Å². The molecule has 0 spiro atoms. The van der Waals surface area contributed by atoms with Gasteiger partial charge in [-0.05, 0) is 37.3 Å². The van der Waals surface area contributed by atoms with E-state index in [0.29, 0.717) is 22.8 Å². The molecule has 0 saturated carbocycles. The van der Waals surface area contributed by atoms with Crippen molar-refractivity contribution in [2.45, 2.75) is 19.4 Å². The number of amides is 1. The average Bonchev–Trinajstić information content (AvgIpc) is 3.08. The fourth-order valence-electron chi connectivity index (χ4n) is 3.05. The Kier molecular flexibility index (Phi) is 5.54. The molecule has 6 nitrogen and oxygen atoms in total. The molecule has 1 amide bonds. The van der Waals surface area contributed by atoms with Crippen molar-refractivity contribution in [2.24, 2.45) is 0 Å². The van der Waals surface area contributed by atoms with Crippen molar-refractivity contribution in [2.75, 3.05) is 21.3 Å². The van der Waals surface area contributed by atoms with Gasteiger partial charge in [0.1, 0.15) is 22.8 Å². The molecular formula is C21H23NO5. The van der Waals surface area contributed by atoms with Crippen LogP contribution in [0.2, 0.25) is 0 Å². The van der Waals surface area contributed by atoms with E-state index in [1.54, 1.807) is 33.7 Å². The van der Waals surface area contributed by atoms with Gasteiger partial charge < -0.3 is 23.9 Å². The number of rotatable bonds is 7. The van der Waals surface area contributed by atoms with Crippen LogP contribution in [-0.2, 0) is 11.2 Å². The minimum atomic E-state index is -0.235. The largest absolute Gasteiger partial charge is 0.497 e. The fraction of sp³-hybridized carbons (Fsp3) is 0.286. The summed E-state index contributed by atoms with van der Waals surface area (Å²) in [5.74, 6) is 2.02. The summed E-state index contributed by atoms with van der Waals surface area (Å²) in [6.07, 6.45) is 1.83. The molecule has 1 heterocycles. The molecule has 0 radical (unpaired) electrons. The second-order valence-electron chi connectivity index (χ2n) is 6.20. The number of hydrogen-bond acceptors (Lipinski definition) is 5. The Bertz CT molecular complexity index is 947. The van der Waals surface area contributed by atoms with Crippen molar-refractivity contribution < 1.29 is 23.4 Å². The highest BCUT2D eigenvalue weighted by molar-refractivity contribution is 5.88. The number of nitrogens with one attached hydrogen (secondary N) is 1. The zero-order valence-electron chi connectivity index (χ0n) is 15.9. The van der Waals surface area contributed by atoms with Gasteiger partial charge in [-0.15, -0.1) is 0 Å². The highest BCUT2D eigenvalue weighted by Crippen LogP contribution is 2.30. The molecule has 3 aromatic rings. The highest BCUT2D eigenvalue weighted by Gasteiger charge is 2.17. The molecule has 0 fully saturated rings. The van der Waals surface area contributed by atoms with E-state index in [9.17, 15) is 4.79 Å². The van der Waals surface area contributed by atoms with E-state index < -0.39 is 0 Å². The molecule has 6 heteroatoms. The lowest BCUT2D eigenvalue weighted by Gasteiger charge is -2.18. The lowest BCUT2D eigenvalue weighted by molar-refractivity contribution is -0.121. The van der Waals surface area contributed by atoms with E-state index in [2.05, 4.69) is 5.32 Å². The van der Waals surface area contributed by atoms with Gasteiger partial charge in [0, 0.05) is 22.6 Å². The second-order valence-corrected chi connectivity index (χ2v) is 6.20. The predicted molar refractivity (Wildman–Crippen MR) is 103 cm³/mol. The molecule has 0 aliphatic heterocycles. The number of fused-ring (bicyclic) bond motifs is 1. The number of hydrogen-bond donors (Lipinski definition) is 1. The molecule has 1 atom stereocenters. The maximum atomic E-state index is 12.6. The van der Waals surface area contributed by atoms with E-state index in [-0.39, 0.29) is 18.4 Å². The van der Waals surface area contributed by atoms with Crippen molar-refractivity contribution in [1.29, 1.82) is 0 Å². The predicted octanol–water partition coefficient (Wildman–Crippen LogP) is 3.88. The van der Waals surface area contributed by atoms with Gasteiger partial charge in [-0.3, -0.25) is 4.79 Å². The molecule has 27 heavy (non-hydrogen) atoms. The summed E-state index contributed by atoms with van der Waals surface area (Å²) >= 11 is 0. The molecule has 1 aromatic heterocycles. The Morgan fingerprint density at radius 1 is 1.04 bits per heavy atom. The Morgan fingerprint density at radius 3 is 2.44 bits per heavy atom. The van der Waals surface area contributed by atoms with Gasteiger partial charge in [-0.2, -0.15) is 0 Å². The zero-order chi connectivity index (χ0) is 19.4. The van der Waals surface area contributed by atoms with Gasteiger partial charge in [-0.25, -0.2) is 0 Å². The first-order chi connectivity index (χ1) is 13.0. The van der Waals surface area contributed by atoms with Crippen molar-refractivity contribution in [3.8, 4) is 17.2 Å². The SMILES string of the molecule is COc1ccc(OC)c(C(C)NC(=O)Cc2coc3cc(OC)ccc23)c1. The van der Waals surface area contributed by atoms with E-state index in [4.69, 9.17) is 18.6 Å². The Balaban J connectivity index is 1.74. The second kappa shape index (κ2) is 8.03. The van der Waals surface area contributed by atoms with Crippen molar-refractivity contribution in [3.05, 3.63) is 53.8 Å². The van der Waals surface area contributed by atoms with Crippen LogP contribution in [0.5, 0.6) is 17.2 Å². The van der Waals surface area contributed by atoms with Crippen LogP contribution < -0.4 is 19.5 Å². The summed E-state index contributed by atoms with van der Waals surface area (Å²) < 4.78 is 21.4. The quantitative estimate of drug-likeness (QED) is 0.684. The normalized spacial score (nSPS) is 11.9. The molecule has 0 aliphatic carbocycles. The summed E-state index contributed by atoms with van der Waals surface area (Å²) in [4.78, 5) is 12.6. The number of ether oxygens (including phenoxy) is 3. The summed E-state index contributed by atoms with van der Waals surface area (Å²) in [6.45, 7) is 1.91. The maximum absolute atomic E-state index is 12.6. The van der Waals surface area contributed by atoms with Crippen LogP contribution in [0.15, 0.2) is 47.1 Å². The first kappa shape index (κ1) is 18.6. The molecule has 2 aromatic carbocycles. The molecule has 1 N–H and O–H groups in total. The third-order valence-corrected chi connectivity index (χ3v) is 4.49. The van der Waals surface area contributed by atoms with Gasteiger partial charge in [0.15, 0.2) is 0 Å². The van der Waals surface area contributed by atoms with E-state index in [1.807, 2.05) is 37.3 Å². The monoisotopic (exact) mass is 369 g/mol. The molecule has 3 rings (SSSR count). The van der Waals surface area contributed by atoms with Gasteiger partial charge in [-0.1, -0.05) is 0 Å². The Hall–Kier alpha value is -3.15. The Labute approximate surface area is 158 Å². The number of benzene rings is 2.